The number of carbonyl (C=O) groups is 1. The number of ether oxygens (including phenoxy) is 1. The summed E-state index contributed by atoms with van der Waals surface area (Å²) < 4.78 is 19.1. The third kappa shape index (κ3) is 4.23. The maximum absolute atomic E-state index is 13.6. The van der Waals surface area contributed by atoms with Crippen molar-refractivity contribution < 1.29 is 13.9 Å². The van der Waals surface area contributed by atoms with Gasteiger partial charge in [0.25, 0.3) is 5.91 Å². The van der Waals surface area contributed by atoms with Crippen LogP contribution in [0.1, 0.15) is 23.7 Å². The fourth-order valence-corrected chi connectivity index (χ4v) is 1.94. The quantitative estimate of drug-likeness (QED) is 0.814. The van der Waals surface area contributed by atoms with Crippen molar-refractivity contribution >= 4 is 24.2 Å². The molecule has 0 heterocycles. The maximum Gasteiger partial charge on any atom is 0.258 e. The monoisotopic (exact) mass is 305 g/mol. The van der Waals surface area contributed by atoms with E-state index in [0.717, 1.165) is 12.2 Å². The molecular formula is C16H16FNO2S. The van der Waals surface area contributed by atoms with Crippen LogP contribution in [0.4, 0.5) is 10.1 Å². The minimum atomic E-state index is -0.576. The molecule has 0 radical (unpaired) electrons. The Morgan fingerprint density at radius 3 is 2.62 bits per heavy atom. The molecule has 3 nitrogen and oxygen atoms in total. The Bertz CT molecular complexity index is 629. The molecule has 0 aliphatic rings. The molecule has 0 atom stereocenters. The first-order valence-electron chi connectivity index (χ1n) is 6.63. The van der Waals surface area contributed by atoms with Gasteiger partial charge in [-0.15, -0.1) is 12.6 Å². The van der Waals surface area contributed by atoms with Crippen LogP contribution in [0.3, 0.4) is 0 Å². The average molecular weight is 305 g/mol. The number of rotatable bonds is 5. The lowest BCUT2D eigenvalue weighted by molar-refractivity contribution is 0.102. The van der Waals surface area contributed by atoms with Gasteiger partial charge in [0, 0.05) is 10.6 Å². The molecule has 0 aliphatic heterocycles. The Morgan fingerprint density at radius 1 is 1.24 bits per heavy atom. The molecule has 2 aromatic rings. The largest absolute Gasteiger partial charge is 0.494 e. The minimum absolute atomic E-state index is 0.0335. The number of halogens is 1. The SMILES string of the molecule is CCCOc1ccc(NC(=O)c2cc(S)ccc2F)cc1. The van der Waals surface area contributed by atoms with Crippen LogP contribution in [-0.4, -0.2) is 12.5 Å². The lowest BCUT2D eigenvalue weighted by atomic mass is 10.2. The first kappa shape index (κ1) is 15.4. The molecule has 0 saturated heterocycles. The van der Waals surface area contributed by atoms with Gasteiger partial charge in [-0.2, -0.15) is 0 Å². The van der Waals surface area contributed by atoms with Gasteiger partial charge in [-0.05, 0) is 48.9 Å². The summed E-state index contributed by atoms with van der Waals surface area (Å²) in [5.74, 6) is -0.350. The first-order valence-corrected chi connectivity index (χ1v) is 7.07. The summed E-state index contributed by atoms with van der Waals surface area (Å²) in [5.41, 5.74) is 0.543. The van der Waals surface area contributed by atoms with Gasteiger partial charge in [-0.25, -0.2) is 4.39 Å². The number of hydrogen-bond donors (Lipinski definition) is 2. The summed E-state index contributed by atoms with van der Waals surface area (Å²) >= 11 is 4.10. The number of hydrogen-bond acceptors (Lipinski definition) is 3. The Balaban J connectivity index is 2.07. The summed E-state index contributed by atoms with van der Waals surface area (Å²) in [5, 5.41) is 2.64. The van der Waals surface area contributed by atoms with E-state index in [1.165, 1.54) is 18.2 Å². The Labute approximate surface area is 128 Å². The van der Waals surface area contributed by atoms with E-state index in [2.05, 4.69) is 17.9 Å². The number of nitrogens with one attached hydrogen (secondary N) is 1. The molecule has 0 saturated carbocycles. The van der Waals surface area contributed by atoms with Crippen LogP contribution in [-0.2, 0) is 0 Å². The molecule has 0 unspecified atom stereocenters. The molecule has 2 rings (SSSR count). The van der Waals surface area contributed by atoms with E-state index in [4.69, 9.17) is 4.74 Å². The van der Waals surface area contributed by atoms with E-state index < -0.39 is 11.7 Å². The third-order valence-electron chi connectivity index (χ3n) is 2.78. The summed E-state index contributed by atoms with van der Waals surface area (Å²) in [6.07, 6.45) is 0.928. The van der Waals surface area contributed by atoms with Crippen molar-refractivity contribution in [2.75, 3.05) is 11.9 Å². The van der Waals surface area contributed by atoms with Crippen LogP contribution in [0.5, 0.6) is 5.75 Å². The molecular weight excluding hydrogens is 289 g/mol. The Hall–Kier alpha value is -2.01. The lowest BCUT2D eigenvalue weighted by Gasteiger charge is -2.08. The van der Waals surface area contributed by atoms with Gasteiger partial charge in [-0.1, -0.05) is 6.92 Å². The van der Waals surface area contributed by atoms with Gasteiger partial charge in [0.2, 0.25) is 0 Å². The zero-order valence-corrected chi connectivity index (χ0v) is 12.5. The summed E-state index contributed by atoms with van der Waals surface area (Å²) in [7, 11) is 0. The normalized spacial score (nSPS) is 10.2. The fraction of sp³-hybridized carbons (Fsp3) is 0.188. The standard InChI is InChI=1S/C16H16FNO2S/c1-2-9-20-12-5-3-11(4-6-12)18-16(19)14-10-13(21)7-8-15(14)17/h3-8,10,21H,2,9H2,1H3,(H,18,19). The summed E-state index contributed by atoms with van der Waals surface area (Å²) in [6, 6.07) is 11.1. The van der Waals surface area contributed by atoms with Crippen LogP contribution >= 0.6 is 12.6 Å². The van der Waals surface area contributed by atoms with Crippen LogP contribution < -0.4 is 10.1 Å². The van der Waals surface area contributed by atoms with E-state index in [0.29, 0.717) is 17.2 Å². The fourth-order valence-electron chi connectivity index (χ4n) is 1.74. The Morgan fingerprint density at radius 2 is 1.95 bits per heavy atom. The van der Waals surface area contributed by atoms with E-state index >= 15 is 0 Å². The lowest BCUT2D eigenvalue weighted by Crippen LogP contribution is -2.13. The zero-order valence-electron chi connectivity index (χ0n) is 11.6. The summed E-state index contributed by atoms with van der Waals surface area (Å²) in [4.78, 5) is 12.6. The Kier molecular flexibility index (Phi) is 5.22. The first-order chi connectivity index (χ1) is 10.1. The molecule has 21 heavy (non-hydrogen) atoms. The van der Waals surface area contributed by atoms with Gasteiger partial charge < -0.3 is 10.1 Å². The molecule has 5 heteroatoms. The molecule has 0 bridgehead atoms. The second-order valence-electron chi connectivity index (χ2n) is 4.49. The van der Waals surface area contributed by atoms with Gasteiger partial charge in [0.1, 0.15) is 11.6 Å². The number of anilines is 1. The van der Waals surface area contributed by atoms with Crippen molar-refractivity contribution in [3.63, 3.8) is 0 Å². The number of carbonyl (C=O) groups excluding carboxylic acids is 1. The van der Waals surface area contributed by atoms with Crippen molar-refractivity contribution in [3.05, 3.63) is 53.8 Å². The van der Waals surface area contributed by atoms with Crippen LogP contribution in [0.15, 0.2) is 47.4 Å². The van der Waals surface area contributed by atoms with Crippen LogP contribution in [0, 0.1) is 5.82 Å². The van der Waals surface area contributed by atoms with Crippen molar-refractivity contribution in [2.45, 2.75) is 18.2 Å². The van der Waals surface area contributed by atoms with E-state index in [1.54, 1.807) is 24.3 Å². The van der Waals surface area contributed by atoms with Crippen LogP contribution in [0.25, 0.3) is 0 Å². The highest BCUT2D eigenvalue weighted by atomic mass is 32.1. The van der Waals surface area contributed by atoms with Gasteiger partial charge in [-0.3, -0.25) is 4.79 Å². The second-order valence-corrected chi connectivity index (χ2v) is 5.01. The van der Waals surface area contributed by atoms with E-state index in [-0.39, 0.29) is 5.56 Å². The highest BCUT2D eigenvalue weighted by molar-refractivity contribution is 7.80. The topological polar surface area (TPSA) is 38.3 Å². The van der Waals surface area contributed by atoms with E-state index in [1.807, 2.05) is 6.92 Å². The molecule has 2 aromatic carbocycles. The highest BCUT2D eigenvalue weighted by Gasteiger charge is 2.12. The smallest absolute Gasteiger partial charge is 0.258 e. The predicted octanol–water partition coefficient (Wildman–Crippen LogP) is 4.16. The van der Waals surface area contributed by atoms with Gasteiger partial charge in [0.15, 0.2) is 0 Å². The molecule has 0 aromatic heterocycles. The minimum Gasteiger partial charge on any atom is -0.494 e. The number of amides is 1. The molecule has 1 amide bonds. The van der Waals surface area contributed by atoms with Crippen molar-refractivity contribution in [3.8, 4) is 5.75 Å². The highest BCUT2D eigenvalue weighted by Crippen LogP contribution is 2.18. The van der Waals surface area contributed by atoms with Gasteiger partial charge in [0.05, 0.1) is 12.2 Å². The molecule has 0 aliphatic carbocycles. The van der Waals surface area contributed by atoms with Gasteiger partial charge >= 0.3 is 0 Å². The van der Waals surface area contributed by atoms with Crippen LogP contribution in [0.2, 0.25) is 0 Å². The third-order valence-corrected chi connectivity index (χ3v) is 3.06. The van der Waals surface area contributed by atoms with Crippen molar-refractivity contribution in [1.29, 1.82) is 0 Å². The average Bonchev–Trinajstić information content (AvgIpc) is 2.49. The molecule has 110 valence electrons. The van der Waals surface area contributed by atoms with E-state index in [9.17, 15) is 9.18 Å². The summed E-state index contributed by atoms with van der Waals surface area (Å²) in [6.45, 7) is 2.67. The molecule has 1 N–H and O–H groups in total. The predicted molar refractivity (Wildman–Crippen MR) is 83.8 cm³/mol. The number of thiol groups is 1. The van der Waals surface area contributed by atoms with Crippen molar-refractivity contribution in [2.24, 2.45) is 0 Å². The second kappa shape index (κ2) is 7.13. The maximum atomic E-state index is 13.6. The molecule has 0 fully saturated rings. The van der Waals surface area contributed by atoms with Crippen molar-refractivity contribution in [1.82, 2.24) is 0 Å². The number of benzene rings is 2. The zero-order chi connectivity index (χ0) is 15.2. The molecule has 0 spiro atoms.